The first-order valence-electron chi connectivity index (χ1n) is 9.05. The molecule has 2 N–H and O–H groups in total. The molecule has 1 unspecified atom stereocenters. The van der Waals surface area contributed by atoms with E-state index in [9.17, 15) is 9.90 Å². The van der Waals surface area contributed by atoms with Gasteiger partial charge in [-0.1, -0.05) is 12.1 Å². The number of aromatic nitrogens is 4. The first-order chi connectivity index (χ1) is 12.7. The van der Waals surface area contributed by atoms with E-state index in [1.807, 2.05) is 42.0 Å². The van der Waals surface area contributed by atoms with Crippen LogP contribution < -0.4 is 10.9 Å². The molecule has 26 heavy (non-hydrogen) atoms. The Morgan fingerprint density at radius 2 is 2.15 bits per heavy atom. The van der Waals surface area contributed by atoms with Gasteiger partial charge in [-0.3, -0.25) is 4.79 Å². The van der Waals surface area contributed by atoms with Crippen LogP contribution in [0.5, 0.6) is 0 Å². The van der Waals surface area contributed by atoms with Gasteiger partial charge in [-0.05, 0) is 37.8 Å². The van der Waals surface area contributed by atoms with Crippen molar-refractivity contribution >= 4 is 16.9 Å². The van der Waals surface area contributed by atoms with Gasteiger partial charge in [0.25, 0.3) is 5.56 Å². The van der Waals surface area contributed by atoms with Gasteiger partial charge in [0.05, 0.1) is 29.5 Å². The van der Waals surface area contributed by atoms with E-state index in [2.05, 4.69) is 15.3 Å². The van der Waals surface area contributed by atoms with Crippen molar-refractivity contribution in [2.45, 2.75) is 45.0 Å². The predicted molar refractivity (Wildman–Crippen MR) is 100 cm³/mol. The maximum absolute atomic E-state index is 12.8. The second-order valence-electron chi connectivity index (χ2n) is 6.91. The van der Waals surface area contributed by atoms with E-state index in [-0.39, 0.29) is 11.6 Å². The average Bonchev–Trinajstić information content (AvgIpc) is 3.26. The van der Waals surface area contributed by atoms with Crippen LogP contribution in [0.25, 0.3) is 11.0 Å². The Morgan fingerprint density at radius 1 is 1.31 bits per heavy atom. The van der Waals surface area contributed by atoms with Crippen molar-refractivity contribution in [1.29, 1.82) is 0 Å². The lowest BCUT2D eigenvalue weighted by atomic mass is 10.1. The normalized spacial score (nSPS) is 22.8. The topological polar surface area (TPSA) is 85.0 Å². The third-order valence-electron chi connectivity index (χ3n) is 5.15. The number of anilines is 1. The van der Waals surface area contributed by atoms with E-state index >= 15 is 0 Å². The summed E-state index contributed by atoms with van der Waals surface area (Å²) in [6.07, 6.45) is 6.47. The second kappa shape index (κ2) is 6.92. The van der Waals surface area contributed by atoms with Crippen LogP contribution in [-0.4, -0.2) is 36.4 Å². The highest BCUT2D eigenvalue weighted by Crippen LogP contribution is 2.29. The van der Waals surface area contributed by atoms with Crippen LogP contribution in [0.4, 0.5) is 5.82 Å². The van der Waals surface area contributed by atoms with Crippen molar-refractivity contribution in [1.82, 2.24) is 19.1 Å². The quantitative estimate of drug-likeness (QED) is 0.731. The number of aliphatic hydroxyl groups excluding tert-OH is 1. The molecule has 0 bridgehead atoms. The number of hydrogen-bond acceptors (Lipinski definition) is 5. The molecule has 1 aromatic carbocycles. The minimum atomic E-state index is -0.494. The highest BCUT2D eigenvalue weighted by Gasteiger charge is 2.33. The summed E-state index contributed by atoms with van der Waals surface area (Å²) in [5.41, 5.74) is 1.46. The van der Waals surface area contributed by atoms with Crippen molar-refractivity contribution in [2.75, 3.05) is 5.32 Å². The molecule has 0 amide bonds. The molecule has 2 heterocycles. The minimum absolute atomic E-state index is 0.142. The Kier molecular flexibility index (Phi) is 4.46. The van der Waals surface area contributed by atoms with Gasteiger partial charge in [0.15, 0.2) is 5.82 Å². The van der Waals surface area contributed by atoms with E-state index < -0.39 is 6.10 Å². The average molecular weight is 353 g/mol. The van der Waals surface area contributed by atoms with Gasteiger partial charge in [0.2, 0.25) is 0 Å². The Morgan fingerprint density at radius 3 is 2.92 bits per heavy atom. The van der Waals surface area contributed by atoms with Gasteiger partial charge in [-0.15, -0.1) is 0 Å². The SMILES string of the molecule is CCn1c(=O)c(N[C@@H]2CC(Cn3ccnc3)C[C@H]2O)nc2ccccc21. The monoisotopic (exact) mass is 353 g/mol. The maximum Gasteiger partial charge on any atom is 0.293 e. The predicted octanol–water partition coefficient (Wildman–Crippen LogP) is 1.86. The molecule has 1 aliphatic carbocycles. The standard InChI is InChI=1S/C19H23N5O2/c1-2-24-16-6-4-3-5-14(16)21-18(19(24)26)22-15-9-13(10-17(15)25)11-23-8-7-20-12-23/h3-8,12-13,15,17,25H,2,9-11H2,1H3,(H,21,22)/t13?,15-,17-/m1/s1. The van der Waals surface area contributed by atoms with Gasteiger partial charge in [-0.25, -0.2) is 9.97 Å². The number of rotatable bonds is 5. The lowest BCUT2D eigenvalue weighted by Crippen LogP contribution is -2.33. The molecule has 2 aromatic heterocycles. The molecule has 1 saturated carbocycles. The molecule has 136 valence electrons. The smallest absolute Gasteiger partial charge is 0.293 e. The summed E-state index contributed by atoms with van der Waals surface area (Å²) in [5, 5.41) is 13.7. The van der Waals surface area contributed by atoms with Crippen LogP contribution in [0, 0.1) is 5.92 Å². The summed E-state index contributed by atoms with van der Waals surface area (Å²) >= 11 is 0. The Hall–Kier alpha value is -2.67. The molecular formula is C19H23N5O2. The van der Waals surface area contributed by atoms with Crippen LogP contribution >= 0.6 is 0 Å². The number of benzene rings is 1. The highest BCUT2D eigenvalue weighted by molar-refractivity contribution is 5.76. The molecule has 3 atom stereocenters. The number of aryl methyl sites for hydroxylation is 1. The van der Waals surface area contributed by atoms with Crippen LogP contribution in [0.3, 0.4) is 0 Å². The molecule has 7 nitrogen and oxygen atoms in total. The summed E-state index contributed by atoms with van der Waals surface area (Å²) < 4.78 is 3.74. The minimum Gasteiger partial charge on any atom is -0.391 e. The fourth-order valence-electron chi connectivity index (χ4n) is 3.89. The van der Waals surface area contributed by atoms with Crippen LogP contribution in [0.15, 0.2) is 47.8 Å². The summed E-state index contributed by atoms with van der Waals surface area (Å²) in [6.45, 7) is 3.34. The summed E-state index contributed by atoms with van der Waals surface area (Å²) in [5.74, 6) is 0.656. The van der Waals surface area contributed by atoms with E-state index in [0.717, 1.165) is 24.0 Å². The van der Waals surface area contributed by atoms with E-state index in [1.54, 1.807) is 17.1 Å². The second-order valence-corrected chi connectivity index (χ2v) is 6.91. The molecule has 1 fully saturated rings. The zero-order chi connectivity index (χ0) is 18.1. The number of aliphatic hydroxyl groups is 1. The lowest BCUT2D eigenvalue weighted by Gasteiger charge is -2.18. The molecule has 4 rings (SSSR count). The molecule has 3 aromatic rings. The van der Waals surface area contributed by atoms with Gasteiger partial charge in [0.1, 0.15) is 0 Å². The molecule has 7 heteroatoms. The summed E-state index contributed by atoms with van der Waals surface area (Å²) in [7, 11) is 0. The van der Waals surface area contributed by atoms with Gasteiger partial charge >= 0.3 is 0 Å². The number of fused-ring (bicyclic) bond motifs is 1. The molecular weight excluding hydrogens is 330 g/mol. The Balaban J connectivity index is 1.57. The molecule has 0 spiro atoms. The molecule has 0 radical (unpaired) electrons. The number of hydrogen-bond donors (Lipinski definition) is 2. The first-order valence-corrected chi connectivity index (χ1v) is 9.05. The van der Waals surface area contributed by atoms with Crippen molar-refractivity contribution in [2.24, 2.45) is 5.92 Å². The molecule has 0 saturated heterocycles. The van der Waals surface area contributed by atoms with Crippen LogP contribution in [0.1, 0.15) is 19.8 Å². The number of imidazole rings is 1. The zero-order valence-corrected chi connectivity index (χ0v) is 14.7. The Labute approximate surface area is 151 Å². The lowest BCUT2D eigenvalue weighted by molar-refractivity contribution is 0.166. The maximum atomic E-state index is 12.8. The third-order valence-corrected chi connectivity index (χ3v) is 5.15. The van der Waals surface area contributed by atoms with Crippen molar-refractivity contribution in [3.05, 3.63) is 53.3 Å². The zero-order valence-electron chi connectivity index (χ0n) is 14.7. The summed E-state index contributed by atoms with van der Waals surface area (Å²) in [4.78, 5) is 21.4. The van der Waals surface area contributed by atoms with Crippen molar-refractivity contribution in [3.8, 4) is 0 Å². The molecule has 1 aliphatic rings. The number of para-hydroxylation sites is 2. The number of nitrogens with one attached hydrogen (secondary N) is 1. The van der Waals surface area contributed by atoms with Crippen molar-refractivity contribution < 1.29 is 5.11 Å². The fourth-order valence-corrected chi connectivity index (χ4v) is 3.89. The first kappa shape index (κ1) is 16.8. The highest BCUT2D eigenvalue weighted by atomic mass is 16.3. The van der Waals surface area contributed by atoms with E-state index in [0.29, 0.717) is 24.7 Å². The van der Waals surface area contributed by atoms with Crippen LogP contribution in [-0.2, 0) is 13.1 Å². The fraction of sp³-hybridized carbons (Fsp3) is 0.421. The van der Waals surface area contributed by atoms with Crippen molar-refractivity contribution in [3.63, 3.8) is 0 Å². The molecule has 0 aliphatic heterocycles. The largest absolute Gasteiger partial charge is 0.391 e. The number of nitrogens with zero attached hydrogens (tertiary/aromatic N) is 4. The van der Waals surface area contributed by atoms with E-state index in [4.69, 9.17) is 0 Å². The third kappa shape index (κ3) is 3.10. The van der Waals surface area contributed by atoms with Gasteiger partial charge in [0, 0.05) is 25.5 Å². The Bertz CT molecular complexity index is 950. The summed E-state index contributed by atoms with van der Waals surface area (Å²) in [6, 6.07) is 7.45. The van der Waals surface area contributed by atoms with Gasteiger partial charge in [-0.2, -0.15) is 0 Å². The van der Waals surface area contributed by atoms with Gasteiger partial charge < -0.3 is 19.6 Å². The van der Waals surface area contributed by atoms with E-state index in [1.165, 1.54) is 0 Å². The van der Waals surface area contributed by atoms with Crippen LogP contribution in [0.2, 0.25) is 0 Å².